The monoisotopic (exact) mass is 344 g/mol. The number of fused-ring (bicyclic) bond motifs is 1. The summed E-state index contributed by atoms with van der Waals surface area (Å²) >= 11 is 0. The van der Waals surface area contributed by atoms with E-state index in [1.54, 1.807) is 29.2 Å². The number of nitrogens with zero attached hydrogens (tertiary/aromatic N) is 2. The van der Waals surface area contributed by atoms with Gasteiger partial charge in [0, 0.05) is 26.1 Å². The first-order valence-electron chi connectivity index (χ1n) is 8.33. The lowest BCUT2D eigenvalue weighted by Gasteiger charge is -2.31. The Morgan fingerprint density at radius 1 is 1.16 bits per heavy atom. The lowest BCUT2D eigenvalue weighted by atomic mass is 9.98. The highest BCUT2D eigenvalue weighted by atomic mass is 16.5. The molecule has 3 amide bonds. The molecule has 2 heterocycles. The molecule has 7 nitrogen and oxygen atoms in total. The van der Waals surface area contributed by atoms with Gasteiger partial charge in [-0.3, -0.25) is 24.1 Å². The van der Waals surface area contributed by atoms with Crippen LogP contribution in [-0.4, -0.2) is 60.2 Å². The van der Waals surface area contributed by atoms with Crippen molar-refractivity contribution in [2.24, 2.45) is 5.92 Å². The second-order valence-electron chi connectivity index (χ2n) is 6.26. The molecule has 0 aromatic heterocycles. The third kappa shape index (κ3) is 3.26. The molecule has 0 N–H and O–H groups in total. The first kappa shape index (κ1) is 17.1. The van der Waals surface area contributed by atoms with E-state index in [4.69, 9.17) is 4.74 Å². The van der Waals surface area contributed by atoms with Crippen molar-refractivity contribution in [2.75, 3.05) is 26.7 Å². The summed E-state index contributed by atoms with van der Waals surface area (Å²) in [5.41, 5.74) is 0.757. The summed E-state index contributed by atoms with van der Waals surface area (Å²) in [6.07, 6.45) is 1.49. The molecule has 1 saturated heterocycles. The van der Waals surface area contributed by atoms with Crippen LogP contribution in [0.1, 0.15) is 40.0 Å². The van der Waals surface area contributed by atoms with E-state index in [9.17, 15) is 19.2 Å². The Kier molecular flexibility index (Phi) is 4.83. The van der Waals surface area contributed by atoms with Crippen LogP contribution in [0.25, 0.3) is 0 Å². The number of carbonyl (C=O) groups is 4. The summed E-state index contributed by atoms with van der Waals surface area (Å²) in [4.78, 5) is 51.4. The standard InChI is InChI=1S/C18H20N2O5/c1-25-18(24)12-5-4-9-19(11-12)15(21)8-10-20-16(22)13-6-2-3-7-14(13)17(20)23/h2-3,6-7,12H,4-5,8-11H2,1H3/t12-/m0/s1. The highest BCUT2D eigenvalue weighted by Crippen LogP contribution is 2.23. The van der Waals surface area contributed by atoms with Crippen molar-refractivity contribution < 1.29 is 23.9 Å². The fourth-order valence-electron chi connectivity index (χ4n) is 3.37. The van der Waals surface area contributed by atoms with Gasteiger partial charge in [-0.2, -0.15) is 0 Å². The third-order valence-corrected chi connectivity index (χ3v) is 4.74. The minimum absolute atomic E-state index is 0.0462. The first-order chi connectivity index (χ1) is 12.0. The number of benzene rings is 1. The van der Waals surface area contributed by atoms with E-state index in [0.29, 0.717) is 30.6 Å². The molecule has 0 aliphatic carbocycles. The predicted molar refractivity (Wildman–Crippen MR) is 87.7 cm³/mol. The van der Waals surface area contributed by atoms with Gasteiger partial charge >= 0.3 is 5.97 Å². The summed E-state index contributed by atoms with van der Waals surface area (Å²) < 4.78 is 4.75. The third-order valence-electron chi connectivity index (χ3n) is 4.74. The fraction of sp³-hybridized carbons (Fsp3) is 0.444. The van der Waals surface area contributed by atoms with Crippen LogP contribution in [0.3, 0.4) is 0 Å². The second-order valence-corrected chi connectivity index (χ2v) is 6.26. The largest absolute Gasteiger partial charge is 0.469 e. The number of likely N-dealkylation sites (tertiary alicyclic amines) is 1. The molecular formula is C18H20N2O5. The molecule has 0 saturated carbocycles. The summed E-state index contributed by atoms with van der Waals surface area (Å²) in [6.45, 7) is 0.951. The SMILES string of the molecule is COC(=O)[C@H]1CCCN(C(=O)CCN2C(=O)c3ccccc3C2=O)C1. The van der Waals surface area contributed by atoms with Crippen molar-refractivity contribution in [3.63, 3.8) is 0 Å². The fourth-order valence-corrected chi connectivity index (χ4v) is 3.37. The summed E-state index contributed by atoms with van der Waals surface area (Å²) in [7, 11) is 1.34. The number of ether oxygens (including phenoxy) is 1. The predicted octanol–water partition coefficient (Wildman–Crippen LogP) is 1.08. The normalized spacial score (nSPS) is 19.8. The van der Waals surface area contributed by atoms with Crippen molar-refractivity contribution in [3.8, 4) is 0 Å². The maximum atomic E-state index is 12.4. The Hall–Kier alpha value is -2.70. The zero-order valence-electron chi connectivity index (χ0n) is 14.1. The van der Waals surface area contributed by atoms with E-state index in [1.165, 1.54) is 7.11 Å². The topological polar surface area (TPSA) is 84.0 Å². The van der Waals surface area contributed by atoms with Gasteiger partial charge in [0.15, 0.2) is 0 Å². The molecule has 0 bridgehead atoms. The molecule has 2 aliphatic heterocycles. The maximum Gasteiger partial charge on any atom is 0.310 e. The number of amides is 3. The first-order valence-corrected chi connectivity index (χ1v) is 8.33. The van der Waals surface area contributed by atoms with Crippen molar-refractivity contribution in [1.82, 2.24) is 9.80 Å². The number of rotatable bonds is 4. The lowest BCUT2D eigenvalue weighted by Crippen LogP contribution is -2.44. The number of hydrogen-bond acceptors (Lipinski definition) is 5. The van der Waals surface area contributed by atoms with Gasteiger partial charge in [-0.15, -0.1) is 0 Å². The van der Waals surface area contributed by atoms with Crippen LogP contribution in [0, 0.1) is 5.92 Å². The van der Waals surface area contributed by atoms with Crippen LogP contribution in [0.2, 0.25) is 0 Å². The molecule has 1 atom stereocenters. The average molecular weight is 344 g/mol. The van der Waals surface area contributed by atoms with Gasteiger partial charge in [0.05, 0.1) is 24.2 Å². The Bertz CT molecular complexity index is 695. The van der Waals surface area contributed by atoms with Crippen LogP contribution in [0.5, 0.6) is 0 Å². The van der Waals surface area contributed by atoms with E-state index in [0.717, 1.165) is 11.3 Å². The summed E-state index contributed by atoms with van der Waals surface area (Å²) in [5, 5.41) is 0. The lowest BCUT2D eigenvalue weighted by molar-refractivity contribution is -0.149. The van der Waals surface area contributed by atoms with Crippen LogP contribution < -0.4 is 0 Å². The van der Waals surface area contributed by atoms with Crippen molar-refractivity contribution >= 4 is 23.7 Å². The van der Waals surface area contributed by atoms with Gasteiger partial charge in [0.1, 0.15) is 0 Å². The molecule has 132 valence electrons. The van der Waals surface area contributed by atoms with Crippen LogP contribution in [0.4, 0.5) is 0 Å². The Morgan fingerprint density at radius 2 is 1.80 bits per heavy atom. The molecule has 1 aromatic carbocycles. The van der Waals surface area contributed by atoms with Gasteiger partial charge in [-0.25, -0.2) is 0 Å². The number of piperidine rings is 1. The highest BCUT2D eigenvalue weighted by Gasteiger charge is 2.36. The molecule has 0 unspecified atom stereocenters. The van der Waals surface area contributed by atoms with Crippen molar-refractivity contribution in [1.29, 1.82) is 0 Å². The number of esters is 1. The smallest absolute Gasteiger partial charge is 0.310 e. The van der Waals surface area contributed by atoms with E-state index < -0.39 is 0 Å². The number of methoxy groups -OCH3 is 1. The van der Waals surface area contributed by atoms with Crippen LogP contribution in [-0.2, 0) is 14.3 Å². The van der Waals surface area contributed by atoms with E-state index >= 15 is 0 Å². The van der Waals surface area contributed by atoms with Crippen LogP contribution in [0.15, 0.2) is 24.3 Å². The van der Waals surface area contributed by atoms with E-state index in [1.807, 2.05) is 0 Å². The van der Waals surface area contributed by atoms with Gasteiger partial charge < -0.3 is 9.64 Å². The molecule has 1 fully saturated rings. The molecule has 2 aliphatic rings. The Balaban J connectivity index is 1.59. The molecular weight excluding hydrogens is 324 g/mol. The van der Waals surface area contributed by atoms with Gasteiger partial charge in [-0.05, 0) is 25.0 Å². The summed E-state index contributed by atoms with van der Waals surface area (Å²) in [6, 6.07) is 6.64. The van der Waals surface area contributed by atoms with Gasteiger partial charge in [0.2, 0.25) is 5.91 Å². The summed E-state index contributed by atoms with van der Waals surface area (Å²) in [5.74, 6) is -1.50. The minimum Gasteiger partial charge on any atom is -0.469 e. The molecule has 25 heavy (non-hydrogen) atoms. The van der Waals surface area contributed by atoms with Crippen molar-refractivity contribution in [3.05, 3.63) is 35.4 Å². The quantitative estimate of drug-likeness (QED) is 0.603. The zero-order chi connectivity index (χ0) is 18.0. The number of carbonyl (C=O) groups excluding carboxylic acids is 4. The molecule has 0 radical (unpaired) electrons. The molecule has 7 heteroatoms. The van der Waals surface area contributed by atoms with Gasteiger partial charge in [-0.1, -0.05) is 12.1 Å². The van der Waals surface area contributed by atoms with E-state index in [2.05, 4.69) is 0 Å². The van der Waals surface area contributed by atoms with E-state index in [-0.39, 0.29) is 42.6 Å². The molecule has 3 rings (SSSR count). The molecule has 1 aromatic rings. The minimum atomic E-state index is -0.362. The van der Waals surface area contributed by atoms with Gasteiger partial charge in [0.25, 0.3) is 11.8 Å². The Labute approximate surface area is 145 Å². The highest BCUT2D eigenvalue weighted by molar-refractivity contribution is 6.21. The molecule has 0 spiro atoms. The second kappa shape index (κ2) is 7.04. The maximum absolute atomic E-state index is 12.4. The number of imide groups is 1. The average Bonchev–Trinajstić information content (AvgIpc) is 2.90. The number of hydrogen-bond donors (Lipinski definition) is 0. The van der Waals surface area contributed by atoms with Crippen LogP contribution >= 0.6 is 0 Å². The van der Waals surface area contributed by atoms with Crippen molar-refractivity contribution in [2.45, 2.75) is 19.3 Å². The Morgan fingerprint density at radius 3 is 2.40 bits per heavy atom. The zero-order valence-corrected chi connectivity index (χ0v) is 14.1.